The number of aromatic nitrogens is 3. The largest absolute Gasteiger partial charge is 0.360 e. The summed E-state index contributed by atoms with van der Waals surface area (Å²) >= 11 is 3.50. The molecule has 0 spiro atoms. The lowest BCUT2D eigenvalue weighted by atomic mass is 10.1. The first-order chi connectivity index (χ1) is 7.75. The molecule has 0 radical (unpaired) electrons. The number of hydrogen-bond acceptors (Lipinski definition) is 1. The molecule has 1 aromatic carbocycles. The minimum Gasteiger partial charge on any atom is -0.360 e. The van der Waals surface area contributed by atoms with Gasteiger partial charge < -0.3 is 9.55 Å². The molecule has 2 heterocycles. The molecule has 0 saturated carbocycles. The second-order valence-electron chi connectivity index (χ2n) is 3.78. The van der Waals surface area contributed by atoms with Crippen molar-refractivity contribution in [2.45, 2.75) is 0 Å². The van der Waals surface area contributed by atoms with Crippen molar-refractivity contribution in [1.82, 2.24) is 14.5 Å². The van der Waals surface area contributed by atoms with Crippen LogP contribution in [-0.2, 0) is 7.05 Å². The van der Waals surface area contributed by atoms with Crippen LogP contribution in [0, 0.1) is 0 Å². The molecule has 0 fully saturated rings. The van der Waals surface area contributed by atoms with Gasteiger partial charge in [0.25, 0.3) is 0 Å². The Morgan fingerprint density at radius 2 is 2.25 bits per heavy atom. The van der Waals surface area contributed by atoms with Crippen LogP contribution in [0.4, 0.5) is 0 Å². The average molecular weight is 276 g/mol. The van der Waals surface area contributed by atoms with Gasteiger partial charge in [0.05, 0.1) is 18.2 Å². The highest BCUT2D eigenvalue weighted by molar-refractivity contribution is 9.10. The third kappa shape index (κ3) is 1.38. The van der Waals surface area contributed by atoms with E-state index in [0.29, 0.717) is 0 Å². The first-order valence-corrected chi connectivity index (χ1v) is 5.78. The summed E-state index contributed by atoms with van der Waals surface area (Å²) in [5.41, 5.74) is 3.43. The quantitative estimate of drug-likeness (QED) is 0.726. The van der Waals surface area contributed by atoms with Crippen molar-refractivity contribution in [3.8, 4) is 11.3 Å². The molecule has 0 unspecified atom stereocenters. The molecule has 0 bridgehead atoms. The summed E-state index contributed by atoms with van der Waals surface area (Å²) in [7, 11) is 2.00. The van der Waals surface area contributed by atoms with Crippen molar-refractivity contribution in [2.75, 3.05) is 0 Å². The fraction of sp³-hybridized carbons (Fsp3) is 0.0833. The zero-order valence-corrected chi connectivity index (χ0v) is 10.3. The third-order valence-electron chi connectivity index (χ3n) is 2.74. The Labute approximate surface area is 101 Å². The van der Waals surface area contributed by atoms with Crippen LogP contribution in [0.5, 0.6) is 0 Å². The van der Waals surface area contributed by atoms with E-state index in [4.69, 9.17) is 0 Å². The van der Waals surface area contributed by atoms with Crippen molar-refractivity contribution in [1.29, 1.82) is 0 Å². The van der Waals surface area contributed by atoms with Crippen LogP contribution in [0.3, 0.4) is 0 Å². The zero-order chi connectivity index (χ0) is 11.1. The van der Waals surface area contributed by atoms with Gasteiger partial charge in [-0.1, -0.05) is 15.9 Å². The van der Waals surface area contributed by atoms with Crippen LogP contribution >= 0.6 is 15.9 Å². The van der Waals surface area contributed by atoms with Gasteiger partial charge in [-0.15, -0.1) is 0 Å². The molecule has 16 heavy (non-hydrogen) atoms. The molecule has 0 atom stereocenters. The van der Waals surface area contributed by atoms with Crippen LogP contribution < -0.4 is 0 Å². The van der Waals surface area contributed by atoms with Gasteiger partial charge in [0, 0.05) is 34.2 Å². The predicted octanol–water partition coefficient (Wildman–Crippen LogP) is 3.33. The summed E-state index contributed by atoms with van der Waals surface area (Å²) in [5, 5.41) is 1.21. The van der Waals surface area contributed by atoms with E-state index in [-0.39, 0.29) is 0 Å². The minimum absolute atomic E-state index is 1.09. The van der Waals surface area contributed by atoms with Gasteiger partial charge in [-0.25, -0.2) is 4.98 Å². The van der Waals surface area contributed by atoms with Gasteiger partial charge in [-0.3, -0.25) is 0 Å². The predicted molar refractivity (Wildman–Crippen MR) is 68.2 cm³/mol. The van der Waals surface area contributed by atoms with Gasteiger partial charge >= 0.3 is 0 Å². The number of nitrogens with zero attached hydrogens (tertiary/aromatic N) is 2. The molecule has 0 saturated heterocycles. The SMILES string of the molecule is Cn1cncc1-c1c[nH]c2ccc(Br)cc12. The van der Waals surface area contributed by atoms with Gasteiger partial charge in [0.2, 0.25) is 0 Å². The number of hydrogen-bond donors (Lipinski definition) is 1. The van der Waals surface area contributed by atoms with Crippen LogP contribution in [0.25, 0.3) is 22.2 Å². The van der Waals surface area contributed by atoms with E-state index in [1.165, 1.54) is 10.9 Å². The van der Waals surface area contributed by atoms with E-state index in [1.807, 2.05) is 36.4 Å². The van der Waals surface area contributed by atoms with Crippen molar-refractivity contribution >= 4 is 26.8 Å². The summed E-state index contributed by atoms with van der Waals surface area (Å²) in [6.07, 6.45) is 5.71. The van der Waals surface area contributed by atoms with E-state index < -0.39 is 0 Å². The topological polar surface area (TPSA) is 33.6 Å². The van der Waals surface area contributed by atoms with Crippen molar-refractivity contribution < 1.29 is 0 Å². The first-order valence-electron chi connectivity index (χ1n) is 4.99. The number of halogens is 1. The Hall–Kier alpha value is -1.55. The van der Waals surface area contributed by atoms with E-state index in [0.717, 1.165) is 15.7 Å². The highest BCUT2D eigenvalue weighted by Gasteiger charge is 2.08. The maximum atomic E-state index is 4.14. The molecule has 1 N–H and O–H groups in total. The number of nitrogens with one attached hydrogen (secondary N) is 1. The molecule has 3 rings (SSSR count). The molecule has 0 aliphatic heterocycles. The number of aromatic amines is 1. The van der Waals surface area contributed by atoms with Crippen LogP contribution in [-0.4, -0.2) is 14.5 Å². The van der Waals surface area contributed by atoms with Gasteiger partial charge in [0.1, 0.15) is 0 Å². The summed E-state index contributed by atoms with van der Waals surface area (Å²) in [6, 6.07) is 6.22. The fourth-order valence-corrected chi connectivity index (χ4v) is 2.28. The monoisotopic (exact) mass is 275 g/mol. The van der Waals surface area contributed by atoms with Crippen molar-refractivity contribution in [2.24, 2.45) is 7.05 Å². The normalized spacial score (nSPS) is 11.1. The Morgan fingerprint density at radius 3 is 3.00 bits per heavy atom. The molecular formula is C12H10BrN3. The van der Waals surface area contributed by atoms with Gasteiger partial charge in [-0.05, 0) is 18.2 Å². The molecule has 0 aliphatic carbocycles. The number of rotatable bonds is 1. The molecule has 3 nitrogen and oxygen atoms in total. The Kier molecular flexibility index (Phi) is 2.11. The van der Waals surface area contributed by atoms with Gasteiger partial charge in [0.15, 0.2) is 0 Å². The smallest absolute Gasteiger partial charge is 0.0948 e. The Bertz CT molecular complexity index is 651. The standard InChI is InChI=1S/C12H10BrN3/c1-16-7-14-6-12(16)10-5-15-11-3-2-8(13)4-9(10)11/h2-7,15H,1H3. The van der Waals surface area contributed by atoms with E-state index in [1.54, 1.807) is 0 Å². The van der Waals surface area contributed by atoms with Crippen molar-refractivity contribution in [3.63, 3.8) is 0 Å². The number of fused-ring (bicyclic) bond motifs is 1. The van der Waals surface area contributed by atoms with Crippen LogP contribution in [0.15, 0.2) is 41.4 Å². The molecule has 0 aliphatic rings. The third-order valence-corrected chi connectivity index (χ3v) is 3.23. The fourth-order valence-electron chi connectivity index (χ4n) is 1.92. The molecule has 3 aromatic rings. The molecule has 4 heteroatoms. The Morgan fingerprint density at radius 1 is 1.38 bits per heavy atom. The average Bonchev–Trinajstić information content (AvgIpc) is 2.83. The number of aryl methyl sites for hydroxylation is 1. The number of imidazole rings is 1. The maximum Gasteiger partial charge on any atom is 0.0948 e. The summed E-state index contributed by atoms with van der Waals surface area (Å²) in [4.78, 5) is 7.41. The van der Waals surface area contributed by atoms with Crippen molar-refractivity contribution in [3.05, 3.63) is 41.4 Å². The summed E-state index contributed by atoms with van der Waals surface area (Å²) in [5.74, 6) is 0. The summed E-state index contributed by atoms with van der Waals surface area (Å²) < 4.78 is 3.10. The van der Waals surface area contributed by atoms with E-state index in [9.17, 15) is 0 Å². The molecule has 80 valence electrons. The lowest BCUT2D eigenvalue weighted by Crippen LogP contribution is -1.87. The highest BCUT2D eigenvalue weighted by atomic mass is 79.9. The molecule has 0 amide bonds. The number of benzene rings is 1. The molecular weight excluding hydrogens is 266 g/mol. The lowest BCUT2D eigenvalue weighted by Gasteiger charge is -2.00. The zero-order valence-electron chi connectivity index (χ0n) is 8.74. The van der Waals surface area contributed by atoms with Crippen LogP contribution in [0.1, 0.15) is 0 Å². The maximum absolute atomic E-state index is 4.14. The van der Waals surface area contributed by atoms with Crippen LogP contribution in [0.2, 0.25) is 0 Å². The van der Waals surface area contributed by atoms with Gasteiger partial charge in [-0.2, -0.15) is 0 Å². The van der Waals surface area contributed by atoms with E-state index in [2.05, 4.69) is 38.0 Å². The first kappa shape index (κ1) is 9.66. The minimum atomic E-state index is 1.09. The molecule has 2 aromatic heterocycles. The number of H-pyrrole nitrogens is 1. The summed E-state index contributed by atoms with van der Waals surface area (Å²) in [6.45, 7) is 0. The highest BCUT2D eigenvalue weighted by Crippen LogP contribution is 2.29. The Balaban J connectivity index is 2.32. The second-order valence-corrected chi connectivity index (χ2v) is 4.70. The van der Waals surface area contributed by atoms with E-state index >= 15 is 0 Å². The second kappa shape index (κ2) is 3.49. The lowest BCUT2D eigenvalue weighted by molar-refractivity contribution is 0.922.